The second-order valence-electron chi connectivity index (χ2n) is 3.36. The van der Waals surface area contributed by atoms with Crippen LogP contribution in [0.5, 0.6) is 0 Å². The first kappa shape index (κ1) is 15.0. The van der Waals surface area contributed by atoms with Crippen LogP contribution in [0, 0.1) is 0 Å². The summed E-state index contributed by atoms with van der Waals surface area (Å²) >= 11 is 0. The molecule has 76 valence electrons. The molecule has 0 spiro atoms. The van der Waals surface area contributed by atoms with Crippen molar-refractivity contribution in [1.29, 1.82) is 0 Å². The molecule has 2 nitrogen and oxygen atoms in total. The fourth-order valence-corrected chi connectivity index (χ4v) is 1.48. The Morgan fingerprint density at radius 1 is 1.21 bits per heavy atom. The summed E-state index contributed by atoms with van der Waals surface area (Å²) in [5.74, 6) is -0.350. The number of likely N-dealkylation sites (tertiary alicyclic amines) is 1. The fourth-order valence-electron chi connectivity index (χ4n) is 1.48. The van der Waals surface area contributed by atoms with Gasteiger partial charge >= 0.3 is 58.4 Å². The largest absolute Gasteiger partial charge is 1.00 e. The number of hydrogen-bond acceptors (Lipinski definition) is 1. The van der Waals surface area contributed by atoms with Crippen LogP contribution < -0.4 is 51.4 Å². The summed E-state index contributed by atoms with van der Waals surface area (Å²) in [7, 11) is 0. The second-order valence-corrected chi connectivity index (χ2v) is 3.36. The van der Waals surface area contributed by atoms with E-state index in [9.17, 15) is 17.7 Å². The van der Waals surface area contributed by atoms with Crippen LogP contribution in [0.1, 0.15) is 25.7 Å². The molecule has 0 saturated carbocycles. The molecule has 0 bridgehead atoms. The molecule has 0 aliphatic carbocycles. The van der Waals surface area contributed by atoms with Crippen LogP contribution in [0.3, 0.4) is 0 Å². The van der Waals surface area contributed by atoms with Crippen LogP contribution in [0.25, 0.3) is 0 Å². The van der Waals surface area contributed by atoms with Gasteiger partial charge in [-0.25, -0.2) is 0 Å². The Kier molecular flexibility index (Phi) is 6.97. The third kappa shape index (κ3) is 5.75. The van der Waals surface area contributed by atoms with Crippen molar-refractivity contribution in [2.24, 2.45) is 0 Å². The number of nitrogens with zero attached hydrogens (tertiary/aromatic N) is 1. The smallest absolute Gasteiger partial charge is 0.448 e. The predicted molar refractivity (Wildman–Crippen MR) is 44.1 cm³/mol. The van der Waals surface area contributed by atoms with Gasteiger partial charge in [-0.05, 0) is 19.3 Å². The summed E-state index contributed by atoms with van der Waals surface area (Å²) in [6.45, 7) is -4.60. The van der Waals surface area contributed by atoms with Crippen molar-refractivity contribution in [2.75, 3.05) is 13.0 Å². The number of rotatable bonds is 2. The molecule has 1 aliphatic heterocycles. The molecule has 1 rings (SSSR count). The minimum atomic E-state index is -4.87. The van der Waals surface area contributed by atoms with Gasteiger partial charge in [0.05, 0.1) is 0 Å². The van der Waals surface area contributed by atoms with E-state index in [1.807, 2.05) is 0 Å². The summed E-state index contributed by atoms with van der Waals surface area (Å²) < 4.78 is 36.0. The van der Waals surface area contributed by atoms with Crippen LogP contribution in [0.15, 0.2) is 0 Å². The molecule has 7 heteroatoms. The molecule has 1 heterocycles. The van der Waals surface area contributed by atoms with E-state index in [1.165, 1.54) is 0 Å². The van der Waals surface area contributed by atoms with Crippen LogP contribution in [0.4, 0.5) is 12.9 Å². The van der Waals surface area contributed by atoms with Crippen molar-refractivity contribution in [1.82, 2.24) is 4.90 Å². The zero-order valence-corrected chi connectivity index (χ0v) is 11.4. The van der Waals surface area contributed by atoms with E-state index in [0.717, 1.165) is 17.7 Å². The van der Waals surface area contributed by atoms with Crippen molar-refractivity contribution in [3.05, 3.63) is 0 Å². The quantitative estimate of drug-likeness (QED) is 0.547. The predicted octanol–water partition coefficient (Wildman–Crippen LogP) is -1.22. The second kappa shape index (κ2) is 6.52. The normalized spacial score (nSPS) is 18.8. The van der Waals surface area contributed by atoms with E-state index < -0.39 is 13.4 Å². The van der Waals surface area contributed by atoms with Gasteiger partial charge in [0.1, 0.15) is 0 Å². The van der Waals surface area contributed by atoms with Crippen LogP contribution in [-0.4, -0.2) is 30.8 Å². The number of halogens is 3. The zero-order chi connectivity index (χ0) is 9.90. The first-order valence-corrected chi connectivity index (χ1v) is 4.48. The van der Waals surface area contributed by atoms with Gasteiger partial charge in [-0.3, -0.25) is 4.79 Å². The van der Waals surface area contributed by atoms with Gasteiger partial charge in [0.15, 0.2) is 0 Å². The SMILES string of the molecule is O=C1CCCCCN1C[B-](F)(F)F.[K+]. The first-order chi connectivity index (χ1) is 5.99. The molecule has 0 atom stereocenters. The van der Waals surface area contributed by atoms with Gasteiger partial charge in [-0.2, -0.15) is 0 Å². The average molecular weight is 233 g/mol. The van der Waals surface area contributed by atoms with Crippen molar-refractivity contribution < 1.29 is 69.1 Å². The molecule has 1 saturated heterocycles. The number of amides is 1. The molecule has 0 unspecified atom stereocenters. The monoisotopic (exact) mass is 233 g/mol. The van der Waals surface area contributed by atoms with E-state index >= 15 is 0 Å². The third-order valence-electron chi connectivity index (χ3n) is 2.10. The summed E-state index contributed by atoms with van der Waals surface area (Å²) in [5.41, 5.74) is 0. The topological polar surface area (TPSA) is 20.3 Å². The minimum absolute atomic E-state index is 0. The standard InChI is InChI=1S/C7H12BF3NO.K/c9-8(10,11)6-12-5-3-1-2-4-7(12)13;/h1-6H2;/q-1;+1. The Hall–Kier alpha value is 0.961. The number of carbonyl (C=O) groups excluding carboxylic acids is 1. The summed E-state index contributed by atoms with van der Waals surface area (Å²) in [4.78, 5) is 12.1. The fraction of sp³-hybridized carbons (Fsp3) is 0.857. The van der Waals surface area contributed by atoms with E-state index in [1.54, 1.807) is 0 Å². The van der Waals surface area contributed by atoms with E-state index in [-0.39, 0.29) is 70.3 Å². The van der Waals surface area contributed by atoms with Gasteiger partial charge in [0, 0.05) is 13.0 Å². The molecule has 1 fully saturated rings. The Labute approximate surface area is 124 Å². The summed E-state index contributed by atoms with van der Waals surface area (Å²) in [5, 5.41) is 0. The van der Waals surface area contributed by atoms with Crippen molar-refractivity contribution in [3.63, 3.8) is 0 Å². The molecule has 0 radical (unpaired) electrons. The summed E-state index contributed by atoms with van der Waals surface area (Å²) in [6, 6.07) is 0. The van der Waals surface area contributed by atoms with Crippen LogP contribution in [-0.2, 0) is 4.79 Å². The van der Waals surface area contributed by atoms with Crippen molar-refractivity contribution >= 4 is 12.9 Å². The molecule has 0 aromatic rings. The molecule has 1 amide bonds. The van der Waals surface area contributed by atoms with Gasteiger partial charge in [-0.15, -0.1) is 0 Å². The number of hydrogen-bond donors (Lipinski definition) is 0. The van der Waals surface area contributed by atoms with Crippen LogP contribution >= 0.6 is 0 Å². The Bertz CT molecular complexity index is 200. The molecule has 0 aromatic carbocycles. The Morgan fingerprint density at radius 2 is 1.86 bits per heavy atom. The van der Waals surface area contributed by atoms with Gasteiger partial charge in [-0.1, -0.05) is 6.42 Å². The third-order valence-corrected chi connectivity index (χ3v) is 2.10. The maximum absolute atomic E-state index is 12.0. The maximum Gasteiger partial charge on any atom is 1.00 e. The molecule has 0 N–H and O–H groups in total. The van der Waals surface area contributed by atoms with Gasteiger partial charge in [0.2, 0.25) is 5.91 Å². The average Bonchev–Trinajstić information content (AvgIpc) is 2.14. The maximum atomic E-state index is 12.0. The van der Waals surface area contributed by atoms with Crippen LogP contribution in [0.2, 0.25) is 0 Å². The minimum Gasteiger partial charge on any atom is -0.448 e. The summed E-state index contributed by atoms with van der Waals surface area (Å²) in [6.07, 6.45) is 1.51. The van der Waals surface area contributed by atoms with Gasteiger partial charge in [0.25, 0.3) is 0 Å². The van der Waals surface area contributed by atoms with E-state index in [0.29, 0.717) is 6.42 Å². The number of carbonyl (C=O) groups is 1. The zero-order valence-electron chi connectivity index (χ0n) is 8.31. The molecule has 0 aromatic heterocycles. The van der Waals surface area contributed by atoms with Crippen molar-refractivity contribution in [3.8, 4) is 0 Å². The molecule has 1 aliphatic rings. The van der Waals surface area contributed by atoms with Crippen molar-refractivity contribution in [2.45, 2.75) is 25.7 Å². The van der Waals surface area contributed by atoms with Gasteiger partial charge < -0.3 is 17.8 Å². The van der Waals surface area contributed by atoms with E-state index in [4.69, 9.17) is 0 Å². The molecular formula is C7H12BF3KNO. The molecular weight excluding hydrogens is 221 g/mol. The first-order valence-electron chi connectivity index (χ1n) is 4.48. The molecule has 14 heavy (non-hydrogen) atoms. The Balaban J connectivity index is 0.00000169. The Morgan fingerprint density at radius 3 is 2.43 bits per heavy atom. The van der Waals surface area contributed by atoms with E-state index in [2.05, 4.69) is 0 Å².